The van der Waals surface area contributed by atoms with Gasteiger partial charge in [0.1, 0.15) is 5.01 Å². The van der Waals surface area contributed by atoms with Crippen LogP contribution in [0, 0.1) is 12.3 Å². The van der Waals surface area contributed by atoms with Gasteiger partial charge >= 0.3 is 0 Å². The molecule has 2 aliphatic rings. The Hall–Kier alpha value is -0.530. The van der Waals surface area contributed by atoms with Gasteiger partial charge in [0.05, 0.1) is 17.2 Å². The van der Waals surface area contributed by atoms with Crippen LogP contribution in [0.3, 0.4) is 0 Å². The van der Waals surface area contributed by atoms with E-state index in [4.69, 9.17) is 0 Å². The summed E-state index contributed by atoms with van der Waals surface area (Å²) in [4.78, 5) is 11.8. The van der Waals surface area contributed by atoms with E-state index in [-0.39, 0.29) is 12.4 Å². The third kappa shape index (κ3) is 3.77. The molecule has 2 fully saturated rings. The fraction of sp³-hybridized carbons (Fsp3) is 0.625. The maximum atomic E-state index is 4.67. The van der Waals surface area contributed by atoms with Crippen molar-refractivity contribution < 1.29 is 0 Å². The molecule has 7 heteroatoms. The quantitative estimate of drug-likeness (QED) is 0.874. The molecule has 1 atom stereocenters. The largest absolute Gasteiger partial charge is 0.317 e. The highest BCUT2D eigenvalue weighted by atomic mass is 35.5. The second kappa shape index (κ2) is 7.15. The standard InChI is InChI=1S/C16H22N4S2.ClH/c1-12-19-13(11-22-12)9-20(10-15-18-6-7-21-15)14-8-16(14)2-4-17-5-3-16;/h6-7,11,14,17H,2-5,8-10H2,1H3;1H. The highest BCUT2D eigenvalue weighted by Gasteiger charge is 2.56. The van der Waals surface area contributed by atoms with Crippen molar-refractivity contribution in [3.8, 4) is 0 Å². The lowest BCUT2D eigenvalue weighted by Crippen LogP contribution is -2.35. The molecule has 1 aliphatic heterocycles. The molecule has 4 rings (SSSR count). The minimum Gasteiger partial charge on any atom is -0.317 e. The minimum absolute atomic E-state index is 0. The van der Waals surface area contributed by atoms with E-state index in [1.165, 1.54) is 43.1 Å². The molecule has 1 unspecified atom stereocenters. The summed E-state index contributed by atoms with van der Waals surface area (Å²) in [6, 6.07) is 0.709. The van der Waals surface area contributed by atoms with Crippen LogP contribution in [0.25, 0.3) is 0 Å². The molecule has 1 saturated heterocycles. The SMILES string of the molecule is Cc1nc(CN(Cc2nccs2)C2CC23CCNCC3)cs1.Cl. The molecule has 1 aliphatic carbocycles. The third-order valence-corrected chi connectivity index (χ3v) is 6.63. The predicted octanol–water partition coefficient (Wildman–Crippen LogP) is 3.47. The van der Waals surface area contributed by atoms with E-state index in [0.717, 1.165) is 18.1 Å². The fourth-order valence-corrected chi connectivity index (χ4v) is 5.02. The van der Waals surface area contributed by atoms with Gasteiger partial charge in [0.2, 0.25) is 0 Å². The first-order chi connectivity index (χ1) is 10.8. The van der Waals surface area contributed by atoms with Crippen LogP contribution in [0.15, 0.2) is 17.0 Å². The van der Waals surface area contributed by atoms with Crippen LogP contribution in [0.2, 0.25) is 0 Å². The minimum atomic E-state index is 0. The van der Waals surface area contributed by atoms with E-state index in [2.05, 4.69) is 37.9 Å². The van der Waals surface area contributed by atoms with Crippen molar-refractivity contribution in [2.24, 2.45) is 5.41 Å². The van der Waals surface area contributed by atoms with Gasteiger partial charge in [-0.15, -0.1) is 35.1 Å². The molecular formula is C16H23ClN4S2. The molecule has 23 heavy (non-hydrogen) atoms. The second-order valence-corrected chi connectivity index (χ2v) is 8.56. The summed E-state index contributed by atoms with van der Waals surface area (Å²) in [5, 5.41) is 10.2. The molecule has 1 saturated carbocycles. The van der Waals surface area contributed by atoms with Gasteiger partial charge in [-0.1, -0.05) is 0 Å². The summed E-state index contributed by atoms with van der Waals surface area (Å²) in [6.45, 7) is 6.37. The van der Waals surface area contributed by atoms with Crippen molar-refractivity contribution >= 4 is 35.1 Å². The summed E-state index contributed by atoms with van der Waals surface area (Å²) >= 11 is 3.52. The van der Waals surface area contributed by atoms with Crippen molar-refractivity contribution in [1.82, 2.24) is 20.2 Å². The molecule has 0 radical (unpaired) electrons. The molecule has 1 spiro atoms. The fourth-order valence-electron chi connectivity index (χ4n) is 3.77. The number of thiazole rings is 2. The summed E-state index contributed by atoms with van der Waals surface area (Å²) in [6.07, 6.45) is 5.91. The second-order valence-electron chi connectivity index (χ2n) is 6.52. The zero-order chi connectivity index (χ0) is 15.0. The monoisotopic (exact) mass is 370 g/mol. The Labute approximate surface area is 151 Å². The first kappa shape index (κ1) is 17.3. The zero-order valence-electron chi connectivity index (χ0n) is 13.3. The summed E-state index contributed by atoms with van der Waals surface area (Å²) in [5.74, 6) is 0. The Kier molecular flexibility index (Phi) is 5.38. The number of aryl methyl sites for hydroxylation is 1. The van der Waals surface area contributed by atoms with E-state index >= 15 is 0 Å². The van der Waals surface area contributed by atoms with Gasteiger partial charge in [-0.3, -0.25) is 4.90 Å². The summed E-state index contributed by atoms with van der Waals surface area (Å²) in [7, 11) is 0. The van der Waals surface area contributed by atoms with E-state index in [1.807, 2.05) is 6.20 Å². The molecule has 0 aromatic carbocycles. The average Bonchev–Trinajstić information content (AvgIpc) is 2.90. The number of nitrogens with one attached hydrogen (secondary N) is 1. The van der Waals surface area contributed by atoms with E-state index < -0.39 is 0 Å². The van der Waals surface area contributed by atoms with Crippen molar-refractivity contribution in [2.45, 2.75) is 45.3 Å². The van der Waals surface area contributed by atoms with Crippen LogP contribution in [0.1, 0.15) is 35.0 Å². The average molecular weight is 371 g/mol. The molecule has 0 bridgehead atoms. The van der Waals surface area contributed by atoms with Crippen molar-refractivity contribution in [2.75, 3.05) is 13.1 Å². The van der Waals surface area contributed by atoms with Crippen molar-refractivity contribution in [3.63, 3.8) is 0 Å². The van der Waals surface area contributed by atoms with Crippen LogP contribution in [0.4, 0.5) is 0 Å². The maximum Gasteiger partial charge on any atom is 0.107 e. The number of hydrogen-bond acceptors (Lipinski definition) is 6. The molecule has 0 amide bonds. The lowest BCUT2D eigenvalue weighted by Gasteiger charge is -2.28. The topological polar surface area (TPSA) is 41.1 Å². The van der Waals surface area contributed by atoms with Gasteiger partial charge in [0, 0.05) is 29.5 Å². The van der Waals surface area contributed by atoms with Gasteiger partial charge in [0.15, 0.2) is 0 Å². The first-order valence-electron chi connectivity index (χ1n) is 7.99. The van der Waals surface area contributed by atoms with Gasteiger partial charge in [0.25, 0.3) is 0 Å². The maximum absolute atomic E-state index is 4.67. The first-order valence-corrected chi connectivity index (χ1v) is 9.75. The van der Waals surface area contributed by atoms with Crippen molar-refractivity contribution in [1.29, 1.82) is 0 Å². The van der Waals surface area contributed by atoms with Crippen LogP contribution in [0.5, 0.6) is 0 Å². The normalized spacial score (nSPS) is 22.3. The molecule has 3 heterocycles. The number of aromatic nitrogens is 2. The molecular weight excluding hydrogens is 348 g/mol. The third-order valence-electron chi connectivity index (χ3n) is 5.04. The van der Waals surface area contributed by atoms with Gasteiger partial charge < -0.3 is 5.32 Å². The molecule has 2 aromatic rings. The van der Waals surface area contributed by atoms with Crippen molar-refractivity contribution in [3.05, 3.63) is 32.7 Å². The van der Waals surface area contributed by atoms with Crippen LogP contribution in [-0.4, -0.2) is 34.0 Å². The number of piperidine rings is 1. The zero-order valence-corrected chi connectivity index (χ0v) is 15.8. The molecule has 126 valence electrons. The Balaban J connectivity index is 0.00000156. The lowest BCUT2D eigenvalue weighted by atomic mass is 9.93. The van der Waals surface area contributed by atoms with E-state index in [0.29, 0.717) is 11.5 Å². The number of rotatable bonds is 5. The number of nitrogens with zero attached hydrogens (tertiary/aromatic N) is 3. The van der Waals surface area contributed by atoms with Gasteiger partial charge in [-0.2, -0.15) is 0 Å². The molecule has 4 nitrogen and oxygen atoms in total. The van der Waals surface area contributed by atoms with Crippen LogP contribution in [-0.2, 0) is 13.1 Å². The predicted molar refractivity (Wildman–Crippen MR) is 98.4 cm³/mol. The van der Waals surface area contributed by atoms with Crippen LogP contribution < -0.4 is 5.32 Å². The number of halogens is 1. The summed E-state index contributed by atoms with van der Waals surface area (Å²) < 4.78 is 0. The summed E-state index contributed by atoms with van der Waals surface area (Å²) in [5.41, 5.74) is 1.78. The van der Waals surface area contributed by atoms with Gasteiger partial charge in [-0.05, 0) is 44.7 Å². The van der Waals surface area contributed by atoms with E-state index in [1.54, 1.807) is 22.7 Å². The molecule has 2 aromatic heterocycles. The Morgan fingerprint density at radius 3 is 2.78 bits per heavy atom. The molecule has 1 N–H and O–H groups in total. The van der Waals surface area contributed by atoms with E-state index in [9.17, 15) is 0 Å². The van der Waals surface area contributed by atoms with Crippen LogP contribution >= 0.6 is 35.1 Å². The highest BCUT2D eigenvalue weighted by molar-refractivity contribution is 7.09. The Morgan fingerprint density at radius 1 is 1.30 bits per heavy atom. The van der Waals surface area contributed by atoms with Gasteiger partial charge in [-0.25, -0.2) is 9.97 Å². The lowest BCUT2D eigenvalue weighted by molar-refractivity contribution is 0.186. The Bertz CT molecular complexity index is 622. The Morgan fingerprint density at radius 2 is 2.13 bits per heavy atom. The highest BCUT2D eigenvalue weighted by Crippen LogP contribution is 2.56. The smallest absolute Gasteiger partial charge is 0.107 e. The number of hydrogen-bond donors (Lipinski definition) is 1.